The van der Waals surface area contributed by atoms with Gasteiger partial charge in [0.1, 0.15) is 16.2 Å². The fourth-order valence-electron chi connectivity index (χ4n) is 5.26. The lowest BCUT2D eigenvalue weighted by atomic mass is 9.95. The summed E-state index contributed by atoms with van der Waals surface area (Å²) in [7, 11) is 0. The molecule has 0 spiro atoms. The quantitative estimate of drug-likeness (QED) is 0.526. The first-order valence-corrected chi connectivity index (χ1v) is 12.7. The van der Waals surface area contributed by atoms with Crippen LogP contribution in [0.3, 0.4) is 0 Å². The molecule has 2 saturated heterocycles. The van der Waals surface area contributed by atoms with Gasteiger partial charge >= 0.3 is 0 Å². The van der Waals surface area contributed by atoms with E-state index in [9.17, 15) is 4.79 Å². The predicted molar refractivity (Wildman–Crippen MR) is 131 cm³/mol. The molecule has 0 bridgehead atoms. The Hall–Kier alpha value is -2.56. The van der Waals surface area contributed by atoms with Gasteiger partial charge in [-0.05, 0) is 45.2 Å². The molecular weight excluding hydrogens is 436 g/mol. The van der Waals surface area contributed by atoms with E-state index < -0.39 is 5.54 Å². The molecule has 2 aliphatic heterocycles. The Morgan fingerprint density at radius 1 is 1.27 bits per heavy atom. The zero-order chi connectivity index (χ0) is 22.4. The fourth-order valence-corrected chi connectivity index (χ4v) is 6.33. The zero-order valence-electron chi connectivity index (χ0n) is 18.9. The summed E-state index contributed by atoms with van der Waals surface area (Å²) in [5, 5.41) is 8.03. The van der Waals surface area contributed by atoms with Crippen LogP contribution in [-0.4, -0.2) is 69.6 Å². The van der Waals surface area contributed by atoms with Gasteiger partial charge in [-0.15, -0.1) is 11.3 Å². The van der Waals surface area contributed by atoms with Gasteiger partial charge in [0.15, 0.2) is 5.82 Å². The number of fused-ring (bicyclic) bond motifs is 1. The number of aromatic amines is 1. The number of thiazole rings is 1. The average Bonchev–Trinajstić information content (AvgIpc) is 3.58. The standard InChI is InChI=1S/C23H30N8OS/c1-23(22-29-17-12-25-8-6-18(17)33-22)13-30(16-4-5-16)9-10-31(23)19-20(26-14-27-21(19)32)28-15-3-2-7-24-11-15/h6,8,12,14-16,24H,2-5,7,9-11,13H2,1H3,(H2,26,27,28,32). The van der Waals surface area contributed by atoms with Gasteiger partial charge in [-0.1, -0.05) is 0 Å². The van der Waals surface area contributed by atoms with E-state index in [1.54, 1.807) is 11.3 Å². The van der Waals surface area contributed by atoms with E-state index in [1.807, 2.05) is 18.5 Å². The van der Waals surface area contributed by atoms with Gasteiger partial charge in [0.2, 0.25) is 0 Å². The maximum Gasteiger partial charge on any atom is 0.276 e. The number of hydrogen-bond donors (Lipinski definition) is 3. The molecule has 3 N–H and O–H groups in total. The molecule has 1 saturated carbocycles. The molecule has 1 aliphatic carbocycles. The van der Waals surface area contributed by atoms with Crippen molar-refractivity contribution in [3.05, 3.63) is 40.1 Å². The Morgan fingerprint density at radius 3 is 2.97 bits per heavy atom. The van der Waals surface area contributed by atoms with Crippen molar-refractivity contribution in [1.82, 2.24) is 30.2 Å². The lowest BCUT2D eigenvalue weighted by molar-refractivity contribution is 0.164. The highest BCUT2D eigenvalue weighted by Gasteiger charge is 2.47. The Labute approximate surface area is 196 Å². The van der Waals surface area contributed by atoms with E-state index in [4.69, 9.17) is 4.98 Å². The second kappa shape index (κ2) is 8.34. The van der Waals surface area contributed by atoms with Gasteiger partial charge < -0.3 is 20.5 Å². The lowest BCUT2D eigenvalue weighted by Gasteiger charge is -2.49. The fraction of sp³-hybridized carbons (Fsp3) is 0.565. The number of nitrogens with one attached hydrogen (secondary N) is 3. The summed E-state index contributed by atoms with van der Waals surface area (Å²) in [4.78, 5) is 34.8. The number of pyridine rings is 1. The lowest BCUT2D eigenvalue weighted by Crippen LogP contribution is -2.60. The van der Waals surface area contributed by atoms with Crippen LogP contribution in [0.2, 0.25) is 0 Å². The molecule has 0 aromatic carbocycles. The van der Waals surface area contributed by atoms with Crippen molar-refractivity contribution in [2.75, 3.05) is 42.9 Å². The number of hydrogen-bond acceptors (Lipinski definition) is 9. The Balaban J connectivity index is 1.42. The number of piperidine rings is 1. The van der Waals surface area contributed by atoms with Crippen molar-refractivity contribution in [3.63, 3.8) is 0 Å². The van der Waals surface area contributed by atoms with Gasteiger partial charge in [-0.2, -0.15) is 0 Å². The smallest absolute Gasteiger partial charge is 0.276 e. The maximum absolute atomic E-state index is 13.3. The van der Waals surface area contributed by atoms with E-state index in [1.165, 1.54) is 19.2 Å². The van der Waals surface area contributed by atoms with Crippen LogP contribution >= 0.6 is 11.3 Å². The first kappa shape index (κ1) is 21.0. The monoisotopic (exact) mass is 466 g/mol. The average molecular weight is 467 g/mol. The number of anilines is 2. The second-order valence-corrected chi connectivity index (χ2v) is 10.6. The van der Waals surface area contributed by atoms with Crippen LogP contribution in [0.25, 0.3) is 10.2 Å². The molecule has 10 heteroatoms. The molecule has 3 aromatic heterocycles. The largest absolute Gasteiger partial charge is 0.364 e. The first-order chi connectivity index (χ1) is 16.1. The number of aromatic nitrogens is 4. The van der Waals surface area contributed by atoms with Crippen LogP contribution in [0.4, 0.5) is 11.5 Å². The SMILES string of the molecule is CC1(c2nc3cnccc3s2)CN(C2CC2)CCN1c1c(NC2CCCNC2)nc[nH]c1=O. The van der Waals surface area contributed by atoms with Gasteiger partial charge in [-0.25, -0.2) is 9.97 Å². The summed E-state index contributed by atoms with van der Waals surface area (Å²) < 4.78 is 1.12. The summed E-state index contributed by atoms with van der Waals surface area (Å²) in [6, 6.07) is 2.94. The van der Waals surface area contributed by atoms with Crippen LogP contribution in [-0.2, 0) is 5.54 Å². The van der Waals surface area contributed by atoms with Gasteiger partial charge in [0, 0.05) is 44.5 Å². The molecule has 3 fully saturated rings. The molecule has 2 atom stereocenters. The third-order valence-corrected chi connectivity index (χ3v) is 8.46. The molecule has 3 aliphatic rings. The third kappa shape index (κ3) is 3.89. The van der Waals surface area contributed by atoms with Crippen LogP contribution in [0.1, 0.15) is 37.6 Å². The van der Waals surface area contributed by atoms with Crippen molar-refractivity contribution in [3.8, 4) is 0 Å². The molecule has 3 aromatic rings. The predicted octanol–water partition coefficient (Wildman–Crippen LogP) is 2.14. The van der Waals surface area contributed by atoms with Crippen molar-refractivity contribution in [2.24, 2.45) is 0 Å². The summed E-state index contributed by atoms with van der Waals surface area (Å²) in [5.74, 6) is 0.668. The van der Waals surface area contributed by atoms with E-state index in [2.05, 4.69) is 42.3 Å². The summed E-state index contributed by atoms with van der Waals surface area (Å²) >= 11 is 1.70. The molecule has 174 valence electrons. The normalized spacial score (nSPS) is 26.6. The minimum Gasteiger partial charge on any atom is -0.364 e. The van der Waals surface area contributed by atoms with Crippen molar-refractivity contribution in [1.29, 1.82) is 0 Å². The third-order valence-electron chi connectivity index (χ3n) is 7.17. The molecular formula is C23H30N8OS. The van der Waals surface area contributed by atoms with Crippen LogP contribution < -0.4 is 21.1 Å². The minimum absolute atomic E-state index is 0.106. The highest BCUT2D eigenvalue weighted by Crippen LogP contribution is 2.42. The van der Waals surface area contributed by atoms with Crippen molar-refractivity contribution >= 4 is 33.1 Å². The molecule has 9 nitrogen and oxygen atoms in total. The summed E-state index contributed by atoms with van der Waals surface area (Å²) in [5.41, 5.74) is 0.986. The van der Waals surface area contributed by atoms with E-state index in [0.29, 0.717) is 17.5 Å². The van der Waals surface area contributed by atoms with E-state index in [-0.39, 0.29) is 11.6 Å². The van der Waals surface area contributed by atoms with Gasteiger partial charge in [0.25, 0.3) is 5.56 Å². The van der Waals surface area contributed by atoms with Crippen LogP contribution in [0.5, 0.6) is 0 Å². The topological polar surface area (TPSA) is 102 Å². The zero-order valence-corrected chi connectivity index (χ0v) is 19.7. The summed E-state index contributed by atoms with van der Waals surface area (Å²) in [6.07, 6.45) is 9.85. The van der Waals surface area contributed by atoms with Gasteiger partial charge in [0.05, 0.1) is 22.7 Å². The van der Waals surface area contributed by atoms with Gasteiger partial charge in [-0.3, -0.25) is 14.7 Å². The molecule has 2 unspecified atom stereocenters. The minimum atomic E-state index is -0.443. The van der Waals surface area contributed by atoms with E-state index in [0.717, 1.165) is 60.8 Å². The number of rotatable bonds is 5. The number of H-pyrrole nitrogens is 1. The van der Waals surface area contributed by atoms with E-state index >= 15 is 0 Å². The highest BCUT2D eigenvalue weighted by molar-refractivity contribution is 7.18. The Morgan fingerprint density at radius 2 is 2.18 bits per heavy atom. The Kier molecular flexibility index (Phi) is 5.31. The number of nitrogens with zero attached hydrogens (tertiary/aromatic N) is 5. The molecule has 33 heavy (non-hydrogen) atoms. The van der Waals surface area contributed by atoms with Crippen LogP contribution in [0.15, 0.2) is 29.6 Å². The molecule has 0 amide bonds. The maximum atomic E-state index is 13.3. The van der Waals surface area contributed by atoms with Crippen molar-refractivity contribution < 1.29 is 0 Å². The Bertz CT molecular complexity index is 1170. The number of piperazine rings is 1. The highest BCUT2D eigenvalue weighted by atomic mass is 32.1. The first-order valence-electron chi connectivity index (χ1n) is 11.9. The second-order valence-electron chi connectivity index (χ2n) is 9.61. The molecule has 0 radical (unpaired) electrons. The molecule has 6 rings (SSSR count). The molecule has 5 heterocycles. The van der Waals surface area contributed by atoms with Crippen molar-refractivity contribution in [2.45, 2.75) is 50.2 Å². The van der Waals surface area contributed by atoms with Crippen LogP contribution in [0, 0.1) is 0 Å². The summed E-state index contributed by atoms with van der Waals surface area (Å²) in [6.45, 7) is 6.68.